The molecule has 0 unspecified atom stereocenters. The molecule has 0 aliphatic heterocycles. The smallest absolute Gasteiger partial charge is 0.307 e. The lowest BCUT2D eigenvalue weighted by Gasteiger charge is -2.10. The minimum atomic E-state index is 0.0854. The van der Waals surface area contributed by atoms with Crippen molar-refractivity contribution >= 4 is 11.3 Å². The first-order chi connectivity index (χ1) is 10.2. The van der Waals surface area contributed by atoms with Crippen LogP contribution in [0.15, 0.2) is 29.1 Å². The maximum absolute atomic E-state index is 12.1. The molecule has 0 aliphatic rings. The summed E-state index contributed by atoms with van der Waals surface area (Å²) in [5.41, 5.74) is 7.61. The van der Waals surface area contributed by atoms with Gasteiger partial charge in [0.2, 0.25) is 0 Å². The monoisotopic (exact) mass is 306 g/mol. The summed E-state index contributed by atoms with van der Waals surface area (Å²) in [6.07, 6.45) is 1.80. The van der Waals surface area contributed by atoms with Gasteiger partial charge in [0.1, 0.15) is 5.75 Å². The van der Waals surface area contributed by atoms with E-state index in [1.54, 1.807) is 0 Å². The molecule has 1 heterocycles. The second-order valence-electron chi connectivity index (χ2n) is 4.94. The fraction of sp³-hybridized carbons (Fsp3) is 0.438. The van der Waals surface area contributed by atoms with Gasteiger partial charge in [0.25, 0.3) is 0 Å². The summed E-state index contributed by atoms with van der Waals surface area (Å²) in [5.74, 6) is 0.865. The fourth-order valence-corrected chi connectivity index (χ4v) is 3.14. The molecule has 0 atom stereocenters. The van der Waals surface area contributed by atoms with Crippen LogP contribution in [0.1, 0.15) is 24.6 Å². The minimum absolute atomic E-state index is 0.0854. The van der Waals surface area contributed by atoms with E-state index in [1.807, 2.05) is 35.8 Å². The van der Waals surface area contributed by atoms with Crippen LogP contribution in [0.25, 0.3) is 11.3 Å². The molecule has 0 radical (unpaired) electrons. The zero-order valence-electron chi connectivity index (χ0n) is 12.6. The molecule has 0 spiro atoms. The molecule has 0 fully saturated rings. The van der Waals surface area contributed by atoms with Crippen LogP contribution >= 0.6 is 11.3 Å². The molecule has 0 amide bonds. The van der Waals surface area contributed by atoms with E-state index in [1.165, 1.54) is 11.3 Å². The summed E-state index contributed by atoms with van der Waals surface area (Å²) in [7, 11) is 0. The third-order valence-electron chi connectivity index (χ3n) is 3.25. The molecule has 0 saturated carbocycles. The molecule has 4 nitrogen and oxygen atoms in total. The number of rotatable bonds is 7. The van der Waals surface area contributed by atoms with Crippen molar-refractivity contribution in [1.82, 2.24) is 4.57 Å². The van der Waals surface area contributed by atoms with E-state index in [4.69, 9.17) is 10.5 Å². The topological polar surface area (TPSA) is 57.2 Å². The standard InChI is InChI=1S/C16H22N2O2S/c1-3-11-20-14-7-5-13(6-8-14)15-12(2)21-16(19)18(15)10-4-9-17/h5-8H,3-4,9-11,17H2,1-2H3. The summed E-state index contributed by atoms with van der Waals surface area (Å²) >= 11 is 1.29. The molecule has 5 heteroatoms. The first-order valence-corrected chi connectivity index (χ1v) is 8.12. The van der Waals surface area contributed by atoms with E-state index in [0.29, 0.717) is 13.1 Å². The number of ether oxygens (including phenoxy) is 1. The van der Waals surface area contributed by atoms with Gasteiger partial charge in [0, 0.05) is 11.4 Å². The van der Waals surface area contributed by atoms with Crippen molar-refractivity contribution < 1.29 is 4.74 Å². The van der Waals surface area contributed by atoms with Crippen LogP contribution in [-0.4, -0.2) is 17.7 Å². The second kappa shape index (κ2) is 7.43. The average molecular weight is 306 g/mol. The van der Waals surface area contributed by atoms with Gasteiger partial charge in [-0.1, -0.05) is 18.3 Å². The van der Waals surface area contributed by atoms with Crippen LogP contribution in [0.5, 0.6) is 5.75 Å². The Balaban J connectivity index is 2.30. The highest BCUT2D eigenvalue weighted by molar-refractivity contribution is 7.09. The van der Waals surface area contributed by atoms with Crippen LogP contribution in [0.4, 0.5) is 0 Å². The third-order valence-corrected chi connectivity index (χ3v) is 4.15. The minimum Gasteiger partial charge on any atom is -0.494 e. The molecule has 1 aromatic heterocycles. The highest BCUT2D eigenvalue weighted by Gasteiger charge is 2.13. The van der Waals surface area contributed by atoms with Crippen LogP contribution in [-0.2, 0) is 6.54 Å². The SMILES string of the molecule is CCCOc1ccc(-c2c(C)sc(=O)n2CCCN)cc1. The van der Waals surface area contributed by atoms with Gasteiger partial charge < -0.3 is 10.5 Å². The highest BCUT2D eigenvalue weighted by Crippen LogP contribution is 2.27. The van der Waals surface area contributed by atoms with Gasteiger partial charge in [-0.2, -0.15) is 0 Å². The first kappa shape index (κ1) is 15.8. The van der Waals surface area contributed by atoms with E-state index in [2.05, 4.69) is 6.92 Å². The molecular weight excluding hydrogens is 284 g/mol. The molecule has 2 aromatic rings. The number of nitrogens with zero attached hydrogens (tertiary/aromatic N) is 1. The van der Waals surface area contributed by atoms with Crippen molar-refractivity contribution in [3.05, 3.63) is 38.8 Å². The van der Waals surface area contributed by atoms with Gasteiger partial charge in [-0.25, -0.2) is 0 Å². The van der Waals surface area contributed by atoms with E-state index >= 15 is 0 Å². The van der Waals surface area contributed by atoms with E-state index in [9.17, 15) is 4.79 Å². The molecule has 2 rings (SSSR count). The first-order valence-electron chi connectivity index (χ1n) is 7.31. The summed E-state index contributed by atoms with van der Waals surface area (Å²) in [4.78, 5) is 13.2. The lowest BCUT2D eigenvalue weighted by molar-refractivity contribution is 0.317. The fourth-order valence-electron chi connectivity index (χ4n) is 2.26. The molecule has 0 saturated heterocycles. The van der Waals surface area contributed by atoms with Crippen molar-refractivity contribution in [3.8, 4) is 17.0 Å². The molecule has 2 N–H and O–H groups in total. The lowest BCUT2D eigenvalue weighted by Crippen LogP contribution is -2.16. The largest absolute Gasteiger partial charge is 0.494 e. The van der Waals surface area contributed by atoms with Gasteiger partial charge in [-0.05, 0) is 56.1 Å². The third kappa shape index (κ3) is 3.74. The number of benzene rings is 1. The van der Waals surface area contributed by atoms with Gasteiger partial charge in [0.05, 0.1) is 12.3 Å². The molecule has 21 heavy (non-hydrogen) atoms. The summed E-state index contributed by atoms with van der Waals surface area (Å²) < 4.78 is 7.42. The maximum atomic E-state index is 12.1. The molecule has 114 valence electrons. The van der Waals surface area contributed by atoms with Crippen molar-refractivity contribution in [1.29, 1.82) is 0 Å². The maximum Gasteiger partial charge on any atom is 0.307 e. The molecule has 0 bridgehead atoms. The van der Waals surface area contributed by atoms with Crippen molar-refractivity contribution in [2.45, 2.75) is 33.2 Å². The van der Waals surface area contributed by atoms with Crippen molar-refractivity contribution in [2.24, 2.45) is 5.73 Å². The van der Waals surface area contributed by atoms with E-state index in [0.717, 1.165) is 41.3 Å². The van der Waals surface area contributed by atoms with Crippen LogP contribution < -0.4 is 15.3 Å². The quantitative estimate of drug-likeness (QED) is 0.855. The molecule has 0 aliphatic carbocycles. The number of hydrogen-bond donors (Lipinski definition) is 1. The Morgan fingerprint density at radius 1 is 1.29 bits per heavy atom. The van der Waals surface area contributed by atoms with Crippen LogP contribution in [0, 0.1) is 6.92 Å². The zero-order valence-corrected chi connectivity index (χ0v) is 13.4. The lowest BCUT2D eigenvalue weighted by atomic mass is 10.1. The number of nitrogens with two attached hydrogens (primary N) is 1. The average Bonchev–Trinajstić information content (AvgIpc) is 2.77. The normalized spacial score (nSPS) is 10.8. The van der Waals surface area contributed by atoms with Gasteiger partial charge >= 0.3 is 4.87 Å². The Morgan fingerprint density at radius 2 is 2.00 bits per heavy atom. The Hall–Kier alpha value is -1.59. The summed E-state index contributed by atoms with van der Waals surface area (Å²) in [5, 5.41) is 0. The number of hydrogen-bond acceptors (Lipinski definition) is 4. The van der Waals surface area contributed by atoms with Crippen molar-refractivity contribution in [2.75, 3.05) is 13.2 Å². The highest BCUT2D eigenvalue weighted by atomic mass is 32.1. The van der Waals surface area contributed by atoms with Gasteiger partial charge in [0.15, 0.2) is 0 Å². The van der Waals surface area contributed by atoms with E-state index < -0.39 is 0 Å². The van der Waals surface area contributed by atoms with Crippen LogP contribution in [0.2, 0.25) is 0 Å². The predicted molar refractivity (Wildman–Crippen MR) is 88.2 cm³/mol. The number of aromatic nitrogens is 1. The molecule has 1 aromatic carbocycles. The van der Waals surface area contributed by atoms with Gasteiger partial charge in [-0.3, -0.25) is 9.36 Å². The number of aryl methyl sites for hydroxylation is 1. The number of thiazole rings is 1. The zero-order chi connectivity index (χ0) is 15.2. The summed E-state index contributed by atoms with van der Waals surface area (Å²) in [6.45, 7) is 6.05. The Bertz CT molecular complexity index is 629. The summed E-state index contributed by atoms with van der Waals surface area (Å²) in [6, 6.07) is 7.94. The molecular formula is C16H22N2O2S. The Labute approximate surface area is 129 Å². The van der Waals surface area contributed by atoms with Crippen LogP contribution in [0.3, 0.4) is 0 Å². The Morgan fingerprint density at radius 3 is 2.62 bits per heavy atom. The van der Waals surface area contributed by atoms with Crippen molar-refractivity contribution in [3.63, 3.8) is 0 Å². The predicted octanol–water partition coefficient (Wildman–Crippen LogP) is 3.02. The van der Waals surface area contributed by atoms with Gasteiger partial charge in [-0.15, -0.1) is 0 Å². The second-order valence-corrected chi connectivity index (χ2v) is 6.11. The Kier molecular flexibility index (Phi) is 5.59. The van der Waals surface area contributed by atoms with E-state index in [-0.39, 0.29) is 4.87 Å².